The molecule has 5 rings (SSSR count). The summed E-state index contributed by atoms with van der Waals surface area (Å²) in [5.41, 5.74) is 7.21. The summed E-state index contributed by atoms with van der Waals surface area (Å²) in [7, 11) is 0. The number of benzene rings is 4. The van der Waals surface area contributed by atoms with Gasteiger partial charge in [0.25, 0.3) is 11.8 Å². The van der Waals surface area contributed by atoms with E-state index in [4.69, 9.17) is 0 Å². The number of amides is 2. The minimum absolute atomic E-state index is 0.148. The first-order chi connectivity index (χ1) is 17.9. The predicted octanol–water partition coefficient (Wildman–Crippen LogP) is 7.38. The number of H-pyrrole nitrogens is 1. The Morgan fingerprint density at radius 2 is 1.22 bits per heavy atom. The molecule has 0 radical (unpaired) electrons. The molecule has 1 heterocycles. The first kappa shape index (κ1) is 25.4. The lowest BCUT2D eigenvalue weighted by atomic mass is 10.1. The van der Waals surface area contributed by atoms with Crippen molar-refractivity contribution >= 4 is 34.2 Å². The molecule has 0 aliphatic carbocycles. The third kappa shape index (κ3) is 6.11. The minimum Gasteiger partial charge on any atom is -0.338 e. The lowest BCUT2D eigenvalue weighted by Crippen LogP contribution is -2.11. The van der Waals surface area contributed by atoms with Crippen LogP contribution in [0.3, 0.4) is 0 Å². The molecule has 3 N–H and O–H groups in total. The van der Waals surface area contributed by atoms with E-state index in [1.807, 2.05) is 107 Å². The van der Waals surface area contributed by atoms with Crippen LogP contribution in [-0.4, -0.2) is 21.8 Å². The molecule has 186 valence electrons. The SMILES string of the molecule is CC.Cc1cccc(C(=O)Nc2ccc(-c3nc4ccc(NC(=O)c5cccc(C)c5)cc4[nH]3)cc2)c1. The van der Waals surface area contributed by atoms with Crippen LogP contribution < -0.4 is 10.6 Å². The zero-order valence-electron chi connectivity index (χ0n) is 21.4. The number of carbonyl (C=O) groups is 2. The lowest BCUT2D eigenvalue weighted by Gasteiger charge is -2.06. The molecule has 0 atom stereocenters. The van der Waals surface area contributed by atoms with Gasteiger partial charge in [-0.2, -0.15) is 0 Å². The van der Waals surface area contributed by atoms with Crippen molar-refractivity contribution in [3.05, 3.63) is 113 Å². The molecule has 0 saturated heterocycles. The Labute approximate surface area is 216 Å². The van der Waals surface area contributed by atoms with Crippen LogP contribution in [0.15, 0.2) is 91.0 Å². The summed E-state index contributed by atoms with van der Waals surface area (Å²) in [5, 5.41) is 5.87. The fraction of sp³-hybridized carbons (Fsp3) is 0.129. The van der Waals surface area contributed by atoms with Gasteiger partial charge in [-0.15, -0.1) is 0 Å². The van der Waals surface area contributed by atoms with Crippen molar-refractivity contribution in [3.63, 3.8) is 0 Å². The van der Waals surface area contributed by atoms with Crippen molar-refractivity contribution in [3.8, 4) is 11.4 Å². The van der Waals surface area contributed by atoms with Crippen LogP contribution in [-0.2, 0) is 0 Å². The molecule has 0 saturated carbocycles. The highest BCUT2D eigenvalue weighted by Gasteiger charge is 2.11. The lowest BCUT2D eigenvalue weighted by molar-refractivity contribution is 0.101. The number of imidazole rings is 1. The zero-order valence-corrected chi connectivity index (χ0v) is 21.4. The van der Waals surface area contributed by atoms with Crippen LogP contribution in [0.5, 0.6) is 0 Å². The number of hydrogen-bond donors (Lipinski definition) is 3. The Bertz CT molecular complexity index is 1550. The third-order valence-corrected chi connectivity index (χ3v) is 5.72. The van der Waals surface area contributed by atoms with Crippen LogP contribution in [0.25, 0.3) is 22.4 Å². The van der Waals surface area contributed by atoms with E-state index in [1.165, 1.54) is 0 Å². The molecule has 1 aromatic heterocycles. The summed E-state index contributed by atoms with van der Waals surface area (Å²) in [6, 6.07) is 28.1. The summed E-state index contributed by atoms with van der Waals surface area (Å²) >= 11 is 0. The van der Waals surface area contributed by atoms with E-state index in [2.05, 4.69) is 20.6 Å². The van der Waals surface area contributed by atoms with Crippen molar-refractivity contribution in [2.75, 3.05) is 10.6 Å². The fourth-order valence-electron chi connectivity index (χ4n) is 3.91. The van der Waals surface area contributed by atoms with Crippen LogP contribution in [0, 0.1) is 13.8 Å². The highest BCUT2D eigenvalue weighted by molar-refractivity contribution is 6.05. The maximum atomic E-state index is 12.6. The van der Waals surface area contributed by atoms with Crippen molar-refractivity contribution in [2.24, 2.45) is 0 Å². The Balaban J connectivity index is 0.00000156. The first-order valence-corrected chi connectivity index (χ1v) is 12.3. The van der Waals surface area contributed by atoms with Crippen LogP contribution in [0.4, 0.5) is 11.4 Å². The molecular formula is C31H30N4O2. The monoisotopic (exact) mass is 490 g/mol. The van der Waals surface area contributed by atoms with E-state index in [0.29, 0.717) is 28.3 Å². The van der Waals surface area contributed by atoms with Crippen LogP contribution in [0.1, 0.15) is 45.7 Å². The van der Waals surface area contributed by atoms with Gasteiger partial charge in [0.2, 0.25) is 0 Å². The average Bonchev–Trinajstić information content (AvgIpc) is 3.34. The smallest absolute Gasteiger partial charge is 0.255 e. The quantitative estimate of drug-likeness (QED) is 0.240. The van der Waals surface area contributed by atoms with Crippen LogP contribution in [0.2, 0.25) is 0 Å². The standard InChI is InChI=1S/C29H24N4O2.C2H6/c1-18-5-3-7-21(15-18)28(34)30-23-11-9-20(10-12-23)27-32-25-14-13-24(17-26(25)33-27)31-29(35)22-8-4-6-19(2)16-22;1-2/h3-17H,1-2H3,(H,30,34)(H,31,35)(H,32,33);1-2H3. The van der Waals surface area contributed by atoms with E-state index in [0.717, 1.165) is 27.7 Å². The molecule has 6 nitrogen and oxygen atoms in total. The Morgan fingerprint density at radius 3 is 1.78 bits per heavy atom. The summed E-state index contributed by atoms with van der Waals surface area (Å²) in [6.45, 7) is 7.92. The van der Waals surface area contributed by atoms with Gasteiger partial charge in [0.1, 0.15) is 5.82 Å². The summed E-state index contributed by atoms with van der Waals surface area (Å²) in [5.74, 6) is 0.403. The molecule has 5 aromatic rings. The maximum Gasteiger partial charge on any atom is 0.255 e. The Morgan fingerprint density at radius 1 is 0.676 bits per heavy atom. The van der Waals surface area contributed by atoms with E-state index in [1.54, 1.807) is 12.1 Å². The number of aryl methyl sites for hydroxylation is 2. The molecule has 0 spiro atoms. The number of carbonyl (C=O) groups excluding carboxylic acids is 2. The van der Waals surface area contributed by atoms with Gasteiger partial charge < -0.3 is 15.6 Å². The first-order valence-electron chi connectivity index (χ1n) is 12.3. The molecular weight excluding hydrogens is 460 g/mol. The van der Waals surface area contributed by atoms with Crippen molar-refractivity contribution in [1.82, 2.24) is 9.97 Å². The van der Waals surface area contributed by atoms with E-state index >= 15 is 0 Å². The number of aromatic amines is 1. The molecule has 37 heavy (non-hydrogen) atoms. The second kappa shape index (κ2) is 11.4. The van der Waals surface area contributed by atoms with Gasteiger partial charge in [-0.05, 0) is 80.6 Å². The van der Waals surface area contributed by atoms with Crippen LogP contribution >= 0.6 is 0 Å². The van der Waals surface area contributed by atoms with Gasteiger partial charge in [0.05, 0.1) is 11.0 Å². The van der Waals surface area contributed by atoms with E-state index in [9.17, 15) is 9.59 Å². The topological polar surface area (TPSA) is 86.9 Å². The van der Waals surface area contributed by atoms with Gasteiger partial charge >= 0.3 is 0 Å². The molecule has 2 amide bonds. The minimum atomic E-state index is -0.156. The summed E-state index contributed by atoms with van der Waals surface area (Å²) in [6.07, 6.45) is 0. The second-order valence-electron chi connectivity index (χ2n) is 8.54. The Hall–Kier alpha value is -4.71. The molecule has 0 fully saturated rings. The number of anilines is 2. The normalized spacial score (nSPS) is 10.4. The zero-order chi connectivity index (χ0) is 26.4. The predicted molar refractivity (Wildman–Crippen MR) is 151 cm³/mol. The largest absolute Gasteiger partial charge is 0.338 e. The van der Waals surface area contributed by atoms with E-state index in [-0.39, 0.29) is 11.8 Å². The average molecular weight is 491 g/mol. The summed E-state index contributed by atoms with van der Waals surface area (Å²) < 4.78 is 0. The third-order valence-electron chi connectivity index (χ3n) is 5.72. The van der Waals surface area contributed by atoms with Gasteiger partial charge in [-0.25, -0.2) is 4.98 Å². The van der Waals surface area contributed by atoms with Gasteiger partial charge in [0.15, 0.2) is 0 Å². The number of hydrogen-bond acceptors (Lipinski definition) is 3. The van der Waals surface area contributed by atoms with Gasteiger partial charge in [0, 0.05) is 28.1 Å². The van der Waals surface area contributed by atoms with Crippen molar-refractivity contribution in [2.45, 2.75) is 27.7 Å². The molecule has 0 bridgehead atoms. The highest BCUT2D eigenvalue weighted by atomic mass is 16.2. The van der Waals surface area contributed by atoms with Gasteiger partial charge in [-0.1, -0.05) is 49.2 Å². The number of aromatic nitrogens is 2. The second-order valence-corrected chi connectivity index (χ2v) is 8.54. The van der Waals surface area contributed by atoms with E-state index < -0.39 is 0 Å². The summed E-state index contributed by atoms with van der Waals surface area (Å²) in [4.78, 5) is 33.1. The number of nitrogens with one attached hydrogen (secondary N) is 3. The number of rotatable bonds is 5. The highest BCUT2D eigenvalue weighted by Crippen LogP contribution is 2.25. The number of fused-ring (bicyclic) bond motifs is 1. The van der Waals surface area contributed by atoms with Crippen molar-refractivity contribution in [1.29, 1.82) is 0 Å². The molecule has 0 unspecified atom stereocenters. The fourth-order valence-corrected chi connectivity index (χ4v) is 3.91. The molecule has 4 aromatic carbocycles. The Kier molecular flexibility index (Phi) is 7.79. The number of nitrogens with zero attached hydrogens (tertiary/aromatic N) is 1. The molecule has 0 aliphatic rings. The molecule has 0 aliphatic heterocycles. The van der Waals surface area contributed by atoms with Gasteiger partial charge in [-0.3, -0.25) is 9.59 Å². The van der Waals surface area contributed by atoms with Crippen molar-refractivity contribution < 1.29 is 9.59 Å². The maximum absolute atomic E-state index is 12.6. The molecule has 6 heteroatoms.